The van der Waals surface area contributed by atoms with Crippen LogP contribution in [0.2, 0.25) is 0 Å². The summed E-state index contributed by atoms with van der Waals surface area (Å²) in [7, 11) is 0. The number of rotatable bonds is 9. The van der Waals surface area contributed by atoms with Crippen LogP contribution in [-0.2, 0) is 12.8 Å². The van der Waals surface area contributed by atoms with Crippen LogP contribution in [0.1, 0.15) is 125 Å². The first kappa shape index (κ1) is 34.3. The monoisotopic (exact) mass is 558 g/mol. The number of nitrogens with two attached hydrogens (primary N) is 1. The lowest BCUT2D eigenvalue weighted by Crippen LogP contribution is -2.00. The molecule has 224 valence electrons. The largest absolute Gasteiger partial charge is 0.399 e. The third-order valence-electron chi connectivity index (χ3n) is 7.88. The van der Waals surface area contributed by atoms with E-state index >= 15 is 0 Å². The minimum Gasteiger partial charge on any atom is -0.399 e. The summed E-state index contributed by atoms with van der Waals surface area (Å²) in [4.78, 5) is 4.79. The van der Waals surface area contributed by atoms with E-state index in [9.17, 15) is 4.39 Å². The Bertz CT molecular complexity index is 1210. The number of fused-ring (bicyclic) bond motifs is 1. The maximum atomic E-state index is 11.0. The zero-order chi connectivity index (χ0) is 30.2. The van der Waals surface area contributed by atoms with Crippen LogP contribution in [0, 0.1) is 19.8 Å². The molecule has 4 rings (SSSR count). The Balaban J connectivity index is 0.000000414. The van der Waals surface area contributed by atoms with Gasteiger partial charge in [0.15, 0.2) is 0 Å². The highest BCUT2D eigenvalue weighted by atomic mass is 19.1. The number of hydrogen-bond donors (Lipinski definition) is 1. The van der Waals surface area contributed by atoms with Crippen LogP contribution in [0.25, 0.3) is 11.1 Å². The number of aryl methyl sites for hydroxylation is 4. The van der Waals surface area contributed by atoms with Crippen LogP contribution < -0.4 is 5.73 Å². The van der Waals surface area contributed by atoms with Gasteiger partial charge in [0, 0.05) is 17.6 Å². The standard InChI is InChI=1S/C27H30N2.C7H16.C4H9F/c1-4-6-23-15-19(3)26(17-29-23)25-8-5-7-21-16-22(28)13-14-24(21)27(25)20-11-9-18(2)10-12-20;1-4-6-7(3)5-2;1-2-3-4-5/h9-17H,4-8,28H2,1-3H3;7H,4-6H2,1-3H3;2-4H2,1H3. The molecule has 1 aliphatic carbocycles. The fourth-order valence-corrected chi connectivity index (χ4v) is 5.28. The van der Waals surface area contributed by atoms with Gasteiger partial charge >= 0.3 is 0 Å². The summed E-state index contributed by atoms with van der Waals surface area (Å²) in [6.45, 7) is 15.2. The third kappa shape index (κ3) is 10.8. The second-order valence-electron chi connectivity index (χ2n) is 11.6. The number of nitrogen functional groups attached to an aromatic ring is 1. The third-order valence-corrected chi connectivity index (χ3v) is 7.88. The minimum absolute atomic E-state index is 0.156. The van der Waals surface area contributed by atoms with Crippen LogP contribution in [0.5, 0.6) is 0 Å². The van der Waals surface area contributed by atoms with E-state index in [0.717, 1.165) is 56.6 Å². The van der Waals surface area contributed by atoms with Crippen molar-refractivity contribution < 1.29 is 4.39 Å². The molecule has 3 heteroatoms. The molecule has 0 spiro atoms. The number of alkyl halides is 1. The molecule has 1 unspecified atom stereocenters. The number of benzene rings is 2. The number of allylic oxidation sites excluding steroid dienone is 1. The van der Waals surface area contributed by atoms with Gasteiger partial charge in [-0.1, -0.05) is 103 Å². The summed E-state index contributed by atoms with van der Waals surface area (Å²) in [6.07, 6.45) is 13.3. The van der Waals surface area contributed by atoms with E-state index in [1.54, 1.807) is 0 Å². The second kappa shape index (κ2) is 18.5. The Labute approximate surface area is 250 Å². The highest BCUT2D eigenvalue weighted by Gasteiger charge is 2.21. The van der Waals surface area contributed by atoms with Crippen LogP contribution in [-0.4, -0.2) is 11.7 Å². The number of halogens is 1. The Morgan fingerprint density at radius 3 is 2.15 bits per heavy atom. The van der Waals surface area contributed by atoms with Gasteiger partial charge in [-0.3, -0.25) is 9.37 Å². The Morgan fingerprint density at radius 1 is 0.878 bits per heavy atom. The first-order valence-electron chi connectivity index (χ1n) is 16.0. The number of pyridine rings is 1. The summed E-state index contributed by atoms with van der Waals surface area (Å²) >= 11 is 0. The quantitative estimate of drug-likeness (QED) is 0.265. The molecule has 0 fully saturated rings. The average Bonchev–Trinajstić information content (AvgIpc) is 3.14. The maximum absolute atomic E-state index is 11.0. The number of aromatic nitrogens is 1. The van der Waals surface area contributed by atoms with E-state index in [1.165, 1.54) is 69.5 Å². The predicted molar refractivity (Wildman–Crippen MR) is 179 cm³/mol. The van der Waals surface area contributed by atoms with Gasteiger partial charge in [-0.2, -0.15) is 0 Å². The SMILES string of the molecule is CCCC(C)CC.CCCCF.CCCc1cc(C)c(C2=C(c3ccc(C)cc3)c3ccc(N)cc3CCC2)cn1. The first-order valence-corrected chi connectivity index (χ1v) is 16.0. The van der Waals surface area contributed by atoms with Gasteiger partial charge in [0.2, 0.25) is 0 Å². The van der Waals surface area contributed by atoms with Crippen molar-refractivity contribution in [3.63, 3.8) is 0 Å². The van der Waals surface area contributed by atoms with Crippen molar-refractivity contribution in [1.29, 1.82) is 0 Å². The fourth-order valence-electron chi connectivity index (χ4n) is 5.28. The van der Waals surface area contributed by atoms with Crippen LogP contribution >= 0.6 is 0 Å². The molecule has 1 atom stereocenters. The average molecular weight is 559 g/mol. The van der Waals surface area contributed by atoms with Gasteiger partial charge in [0.1, 0.15) is 0 Å². The second-order valence-corrected chi connectivity index (χ2v) is 11.6. The van der Waals surface area contributed by atoms with Crippen molar-refractivity contribution in [2.45, 2.75) is 113 Å². The molecule has 0 saturated heterocycles. The van der Waals surface area contributed by atoms with Crippen molar-refractivity contribution in [3.8, 4) is 0 Å². The van der Waals surface area contributed by atoms with Crippen molar-refractivity contribution in [3.05, 3.63) is 93.8 Å². The zero-order valence-corrected chi connectivity index (χ0v) is 27.0. The van der Waals surface area contributed by atoms with Crippen molar-refractivity contribution in [2.75, 3.05) is 12.4 Å². The number of hydrogen-bond acceptors (Lipinski definition) is 2. The molecule has 0 aliphatic heterocycles. The van der Waals surface area contributed by atoms with Gasteiger partial charge in [-0.25, -0.2) is 0 Å². The summed E-state index contributed by atoms with van der Waals surface area (Å²) < 4.78 is 11.0. The molecule has 1 heterocycles. The first-order chi connectivity index (χ1) is 19.8. The fraction of sp³-hybridized carbons (Fsp3) is 0.500. The van der Waals surface area contributed by atoms with Crippen molar-refractivity contribution in [1.82, 2.24) is 4.98 Å². The van der Waals surface area contributed by atoms with Gasteiger partial charge in [-0.05, 0) is 109 Å². The lowest BCUT2D eigenvalue weighted by molar-refractivity contribution is 0.469. The molecule has 2 nitrogen and oxygen atoms in total. The summed E-state index contributed by atoms with van der Waals surface area (Å²) in [5.41, 5.74) is 18.7. The molecule has 2 aromatic carbocycles. The lowest BCUT2D eigenvalue weighted by atomic mass is 9.86. The molecule has 0 radical (unpaired) electrons. The van der Waals surface area contributed by atoms with Gasteiger partial charge in [-0.15, -0.1) is 0 Å². The number of unbranched alkanes of at least 4 members (excludes halogenated alkanes) is 1. The van der Waals surface area contributed by atoms with Crippen molar-refractivity contribution >= 4 is 16.8 Å². The Morgan fingerprint density at radius 2 is 1.61 bits per heavy atom. The highest BCUT2D eigenvalue weighted by molar-refractivity contribution is 6.00. The smallest absolute Gasteiger partial charge is 0.0894 e. The summed E-state index contributed by atoms with van der Waals surface area (Å²) in [6, 6.07) is 17.6. The van der Waals surface area contributed by atoms with E-state index in [-0.39, 0.29) is 6.67 Å². The van der Waals surface area contributed by atoms with Crippen LogP contribution in [0.15, 0.2) is 54.7 Å². The van der Waals surface area contributed by atoms with Crippen LogP contribution in [0.4, 0.5) is 10.1 Å². The van der Waals surface area contributed by atoms with Crippen LogP contribution in [0.3, 0.4) is 0 Å². The molecule has 41 heavy (non-hydrogen) atoms. The van der Waals surface area contributed by atoms with Gasteiger partial charge in [0.25, 0.3) is 0 Å². The molecule has 1 aromatic heterocycles. The van der Waals surface area contributed by atoms with Gasteiger partial charge < -0.3 is 5.73 Å². The highest BCUT2D eigenvalue weighted by Crippen LogP contribution is 2.41. The normalized spacial score (nSPS) is 13.3. The Kier molecular flexibility index (Phi) is 15.4. The maximum Gasteiger partial charge on any atom is 0.0894 e. The molecule has 3 aromatic rings. The predicted octanol–water partition coefficient (Wildman–Crippen LogP) is 11.1. The van der Waals surface area contributed by atoms with Crippen molar-refractivity contribution in [2.24, 2.45) is 5.92 Å². The number of nitrogens with zero attached hydrogens (tertiary/aromatic N) is 1. The summed E-state index contributed by atoms with van der Waals surface area (Å²) in [5, 5.41) is 0. The van der Waals surface area contributed by atoms with E-state index in [4.69, 9.17) is 10.7 Å². The molecular weight excluding hydrogens is 503 g/mol. The summed E-state index contributed by atoms with van der Waals surface area (Å²) in [5.74, 6) is 0.949. The van der Waals surface area contributed by atoms with E-state index < -0.39 is 0 Å². The van der Waals surface area contributed by atoms with E-state index in [2.05, 4.69) is 90.2 Å². The lowest BCUT2D eigenvalue weighted by Gasteiger charge is -2.18. The molecule has 2 N–H and O–H groups in total. The molecule has 1 aliphatic rings. The van der Waals surface area contributed by atoms with E-state index in [0.29, 0.717) is 0 Å². The molecular formula is C38H55FN2. The molecule has 0 bridgehead atoms. The molecule has 0 amide bonds. The number of anilines is 1. The minimum atomic E-state index is -0.156. The zero-order valence-electron chi connectivity index (χ0n) is 27.0. The van der Waals surface area contributed by atoms with E-state index in [1.807, 2.05) is 13.0 Å². The Hall–Kier alpha value is -2.94. The topological polar surface area (TPSA) is 38.9 Å². The molecule has 0 saturated carbocycles. The van der Waals surface area contributed by atoms with Gasteiger partial charge in [0.05, 0.1) is 6.67 Å².